The normalized spacial score (nSPS) is 29.5. The lowest BCUT2D eigenvalue weighted by molar-refractivity contribution is -0.149. The van der Waals surface area contributed by atoms with Gasteiger partial charge in [-0.25, -0.2) is 4.79 Å². The molecule has 1 saturated carbocycles. The number of benzene rings is 2. The molecule has 3 saturated heterocycles. The van der Waals surface area contributed by atoms with Crippen LogP contribution in [-0.4, -0.2) is 47.9 Å². The van der Waals surface area contributed by atoms with Gasteiger partial charge in [-0.2, -0.15) is 13.2 Å². The quantitative estimate of drug-likeness (QED) is 0.332. The predicted molar refractivity (Wildman–Crippen MR) is 135 cm³/mol. The van der Waals surface area contributed by atoms with Gasteiger partial charge < -0.3 is 23.7 Å². The standard InChI is InChI=1S/C30H29F3O8/c1-15(2)29(12-6-7-13-29)41-19-14-16(10-11-18(19)30(31,32)33)26(34)39-24-22-20(21-23(38-22)25(24)40-28(21)36)27(35)37-17-8-4-3-5-9-17/h3-5,8-11,14-15,20-25H,6-7,12-13H2,1-2H3. The third-order valence-corrected chi connectivity index (χ3v) is 8.72. The van der Waals surface area contributed by atoms with Crippen molar-refractivity contribution in [2.24, 2.45) is 17.8 Å². The fourth-order valence-corrected chi connectivity index (χ4v) is 6.56. The summed E-state index contributed by atoms with van der Waals surface area (Å²) < 4.78 is 70.2. The lowest BCUT2D eigenvalue weighted by Gasteiger charge is -2.35. The number of fused-ring (bicyclic) bond motifs is 1. The molecule has 6 rings (SSSR count). The number of esters is 3. The number of carbonyl (C=O) groups is 3. The molecule has 4 fully saturated rings. The summed E-state index contributed by atoms with van der Waals surface area (Å²) in [5, 5.41) is 0. The topological polar surface area (TPSA) is 97.4 Å². The summed E-state index contributed by atoms with van der Waals surface area (Å²) in [6.45, 7) is 3.81. The van der Waals surface area contributed by atoms with Crippen molar-refractivity contribution in [3.05, 3.63) is 59.7 Å². The van der Waals surface area contributed by atoms with Crippen LogP contribution in [-0.2, 0) is 30.0 Å². The zero-order chi connectivity index (χ0) is 29.1. The first-order valence-electron chi connectivity index (χ1n) is 13.7. The number of hydrogen-bond acceptors (Lipinski definition) is 8. The van der Waals surface area contributed by atoms with Crippen LogP contribution in [0.3, 0.4) is 0 Å². The molecule has 2 aromatic rings. The molecule has 1 aliphatic carbocycles. The van der Waals surface area contributed by atoms with E-state index in [2.05, 4.69) is 0 Å². The Morgan fingerprint density at radius 2 is 1.71 bits per heavy atom. The van der Waals surface area contributed by atoms with Gasteiger partial charge in [0.2, 0.25) is 0 Å². The summed E-state index contributed by atoms with van der Waals surface area (Å²) in [5.74, 6) is -4.54. The van der Waals surface area contributed by atoms with Crippen LogP contribution in [0.1, 0.15) is 55.5 Å². The molecular weight excluding hydrogens is 545 g/mol. The zero-order valence-electron chi connectivity index (χ0n) is 22.4. The Morgan fingerprint density at radius 3 is 2.37 bits per heavy atom. The van der Waals surface area contributed by atoms with E-state index in [9.17, 15) is 27.6 Å². The maximum atomic E-state index is 13.9. The van der Waals surface area contributed by atoms with Crippen molar-refractivity contribution in [3.8, 4) is 11.5 Å². The van der Waals surface area contributed by atoms with Gasteiger partial charge in [0.1, 0.15) is 41.1 Å². The second-order valence-corrected chi connectivity index (χ2v) is 11.4. The van der Waals surface area contributed by atoms with Crippen molar-refractivity contribution in [1.82, 2.24) is 0 Å². The van der Waals surface area contributed by atoms with E-state index in [0.717, 1.165) is 31.0 Å². The lowest BCUT2D eigenvalue weighted by atomic mass is 9.78. The molecule has 0 N–H and O–H groups in total. The van der Waals surface area contributed by atoms with E-state index in [1.165, 1.54) is 0 Å². The first-order valence-corrected chi connectivity index (χ1v) is 13.7. The molecule has 3 aliphatic heterocycles. The van der Waals surface area contributed by atoms with E-state index in [4.69, 9.17) is 23.7 Å². The van der Waals surface area contributed by atoms with Crippen molar-refractivity contribution in [3.63, 3.8) is 0 Å². The van der Waals surface area contributed by atoms with E-state index >= 15 is 0 Å². The fourth-order valence-electron chi connectivity index (χ4n) is 6.56. The Balaban J connectivity index is 1.25. The van der Waals surface area contributed by atoms with Gasteiger partial charge in [-0.3, -0.25) is 9.59 Å². The van der Waals surface area contributed by atoms with Crippen molar-refractivity contribution in [2.45, 2.75) is 75.7 Å². The summed E-state index contributed by atoms with van der Waals surface area (Å²) in [5.41, 5.74) is -1.93. The molecular formula is C30H29F3O8. The third-order valence-electron chi connectivity index (χ3n) is 8.72. The minimum atomic E-state index is -4.70. The highest BCUT2D eigenvalue weighted by Gasteiger charge is 2.72. The molecule has 6 unspecified atom stereocenters. The number of rotatable bonds is 7. The average Bonchev–Trinajstić information content (AvgIpc) is 3.67. The monoisotopic (exact) mass is 574 g/mol. The van der Waals surface area contributed by atoms with Crippen LogP contribution in [0, 0.1) is 17.8 Å². The summed E-state index contributed by atoms with van der Waals surface area (Å²) >= 11 is 0. The predicted octanol–water partition coefficient (Wildman–Crippen LogP) is 5.12. The van der Waals surface area contributed by atoms with Crippen molar-refractivity contribution in [1.29, 1.82) is 0 Å². The van der Waals surface area contributed by atoms with E-state index in [-0.39, 0.29) is 17.2 Å². The highest BCUT2D eigenvalue weighted by atomic mass is 19.4. The molecule has 218 valence electrons. The highest BCUT2D eigenvalue weighted by Crippen LogP contribution is 2.52. The number of alkyl halides is 3. The molecule has 0 spiro atoms. The Hall–Kier alpha value is -3.60. The SMILES string of the molecule is CC(C)C1(Oc2cc(C(=O)OC3C4OC(=O)C5C4OC3C5C(=O)Oc3ccccc3)ccc2C(F)(F)F)CCCC1. The molecule has 2 bridgehead atoms. The van der Waals surface area contributed by atoms with Gasteiger partial charge in [-0.1, -0.05) is 32.0 Å². The largest absolute Gasteiger partial charge is 0.486 e. The summed E-state index contributed by atoms with van der Waals surface area (Å²) in [6.07, 6.45) is -5.73. The minimum absolute atomic E-state index is 0.0505. The van der Waals surface area contributed by atoms with Crippen LogP contribution < -0.4 is 9.47 Å². The molecule has 0 amide bonds. The van der Waals surface area contributed by atoms with Gasteiger partial charge >= 0.3 is 24.1 Å². The molecule has 4 aliphatic rings. The molecule has 11 heteroatoms. The molecule has 41 heavy (non-hydrogen) atoms. The van der Waals surface area contributed by atoms with Crippen LogP contribution in [0.5, 0.6) is 11.5 Å². The van der Waals surface area contributed by atoms with E-state index in [1.54, 1.807) is 30.3 Å². The van der Waals surface area contributed by atoms with Crippen LogP contribution >= 0.6 is 0 Å². The molecule has 0 aromatic heterocycles. The van der Waals surface area contributed by atoms with Crippen LogP contribution in [0.15, 0.2) is 48.5 Å². The van der Waals surface area contributed by atoms with E-state index < -0.39 is 77.2 Å². The first kappa shape index (κ1) is 27.6. The maximum absolute atomic E-state index is 13.9. The Kier molecular flexibility index (Phi) is 6.75. The van der Waals surface area contributed by atoms with Crippen LogP contribution in [0.25, 0.3) is 0 Å². The van der Waals surface area contributed by atoms with Crippen LogP contribution in [0.2, 0.25) is 0 Å². The third kappa shape index (κ3) is 4.73. The number of carbonyl (C=O) groups excluding carboxylic acids is 3. The number of para-hydroxylation sites is 1. The molecule has 8 nitrogen and oxygen atoms in total. The number of ether oxygens (including phenoxy) is 5. The van der Waals surface area contributed by atoms with Gasteiger partial charge in [-0.05, 0) is 61.9 Å². The summed E-state index contributed by atoms with van der Waals surface area (Å²) in [7, 11) is 0. The Labute approximate surface area is 234 Å². The van der Waals surface area contributed by atoms with E-state index in [1.807, 2.05) is 13.8 Å². The number of hydrogen-bond donors (Lipinski definition) is 0. The van der Waals surface area contributed by atoms with Crippen molar-refractivity contribution >= 4 is 17.9 Å². The highest BCUT2D eigenvalue weighted by molar-refractivity contribution is 5.91. The second-order valence-electron chi connectivity index (χ2n) is 11.4. The molecule has 2 aromatic carbocycles. The molecule has 6 atom stereocenters. The summed E-state index contributed by atoms with van der Waals surface area (Å²) in [4.78, 5) is 39.0. The summed E-state index contributed by atoms with van der Waals surface area (Å²) in [6, 6.07) is 11.2. The van der Waals surface area contributed by atoms with Gasteiger partial charge in [0.05, 0.1) is 11.1 Å². The molecule has 3 heterocycles. The zero-order valence-corrected chi connectivity index (χ0v) is 22.4. The average molecular weight is 575 g/mol. The lowest BCUT2D eigenvalue weighted by Crippen LogP contribution is -2.48. The van der Waals surface area contributed by atoms with Gasteiger partial charge in [-0.15, -0.1) is 0 Å². The second kappa shape index (κ2) is 10.0. The fraction of sp³-hybridized carbons (Fsp3) is 0.500. The van der Waals surface area contributed by atoms with Crippen molar-refractivity contribution in [2.75, 3.05) is 0 Å². The van der Waals surface area contributed by atoms with Gasteiger partial charge in [0, 0.05) is 0 Å². The van der Waals surface area contributed by atoms with Gasteiger partial charge in [0.25, 0.3) is 0 Å². The minimum Gasteiger partial charge on any atom is -0.486 e. The Bertz CT molecular complexity index is 1350. The number of halogens is 3. The van der Waals surface area contributed by atoms with Crippen LogP contribution in [0.4, 0.5) is 13.2 Å². The molecule has 0 radical (unpaired) electrons. The Morgan fingerprint density at radius 1 is 1.00 bits per heavy atom. The van der Waals surface area contributed by atoms with Crippen molar-refractivity contribution < 1.29 is 51.2 Å². The smallest absolute Gasteiger partial charge is 0.419 e. The maximum Gasteiger partial charge on any atom is 0.419 e. The van der Waals surface area contributed by atoms with Gasteiger partial charge in [0.15, 0.2) is 12.2 Å². The van der Waals surface area contributed by atoms with E-state index in [0.29, 0.717) is 12.8 Å². The first-order chi connectivity index (χ1) is 19.5.